The lowest BCUT2D eigenvalue weighted by Gasteiger charge is -2.27. The van der Waals surface area contributed by atoms with E-state index >= 15 is 0 Å². The van der Waals surface area contributed by atoms with Crippen LogP contribution in [0, 0.1) is 11.8 Å². The van der Waals surface area contributed by atoms with Gasteiger partial charge in [0.25, 0.3) is 0 Å². The summed E-state index contributed by atoms with van der Waals surface area (Å²) in [4.78, 5) is 35.7. The van der Waals surface area contributed by atoms with Crippen LogP contribution in [0.3, 0.4) is 0 Å². The van der Waals surface area contributed by atoms with Crippen molar-refractivity contribution in [3.8, 4) is 0 Å². The van der Waals surface area contributed by atoms with Crippen LogP contribution in [0.25, 0.3) is 0 Å². The van der Waals surface area contributed by atoms with Gasteiger partial charge >= 0.3 is 11.9 Å². The lowest BCUT2D eigenvalue weighted by Crippen LogP contribution is -2.34. The Morgan fingerprint density at radius 1 is 1.50 bits per heavy atom. The predicted octanol–water partition coefficient (Wildman–Crippen LogP) is 2.27. The third-order valence-electron chi connectivity index (χ3n) is 4.58. The van der Waals surface area contributed by atoms with Gasteiger partial charge in [-0.25, -0.2) is 4.79 Å². The number of carbonyl (C=O) groups is 3. The van der Waals surface area contributed by atoms with Crippen molar-refractivity contribution >= 4 is 18.2 Å². The van der Waals surface area contributed by atoms with Gasteiger partial charge in [0.2, 0.25) is 0 Å². The van der Waals surface area contributed by atoms with E-state index in [1.165, 1.54) is 0 Å². The molecule has 1 N–H and O–H groups in total. The molecule has 142 valence electrons. The number of aldehydes is 1. The van der Waals surface area contributed by atoms with E-state index in [2.05, 4.69) is 6.58 Å². The molecule has 26 heavy (non-hydrogen) atoms. The number of esters is 2. The van der Waals surface area contributed by atoms with Gasteiger partial charge in [-0.2, -0.15) is 0 Å². The number of aliphatic hydroxyl groups excluding tert-OH is 1. The van der Waals surface area contributed by atoms with Crippen molar-refractivity contribution < 1.29 is 29.0 Å². The fourth-order valence-electron chi connectivity index (χ4n) is 3.28. The van der Waals surface area contributed by atoms with Crippen LogP contribution in [0.2, 0.25) is 0 Å². The van der Waals surface area contributed by atoms with Crippen LogP contribution in [0.4, 0.5) is 0 Å². The van der Waals surface area contributed by atoms with Crippen molar-refractivity contribution in [1.82, 2.24) is 0 Å². The van der Waals surface area contributed by atoms with Gasteiger partial charge in [-0.3, -0.25) is 9.59 Å². The maximum atomic E-state index is 12.2. The molecular weight excluding hydrogens is 336 g/mol. The third kappa shape index (κ3) is 4.91. The zero-order valence-electron chi connectivity index (χ0n) is 15.3. The predicted molar refractivity (Wildman–Crippen MR) is 95.0 cm³/mol. The van der Waals surface area contributed by atoms with Crippen LogP contribution in [0.1, 0.15) is 39.5 Å². The zero-order valence-corrected chi connectivity index (χ0v) is 15.3. The smallest absolute Gasteiger partial charge is 0.334 e. The van der Waals surface area contributed by atoms with Gasteiger partial charge in [0, 0.05) is 18.4 Å². The molecule has 0 spiro atoms. The highest BCUT2D eigenvalue weighted by Gasteiger charge is 2.44. The van der Waals surface area contributed by atoms with E-state index in [1.807, 2.05) is 13.8 Å². The number of rotatable bonds is 5. The second-order valence-electron chi connectivity index (χ2n) is 7.17. The topological polar surface area (TPSA) is 89.9 Å². The molecule has 6 nitrogen and oxygen atoms in total. The molecule has 1 aliphatic heterocycles. The molecule has 0 aromatic heterocycles. The van der Waals surface area contributed by atoms with Gasteiger partial charge in [0.15, 0.2) is 0 Å². The van der Waals surface area contributed by atoms with Gasteiger partial charge in [0.1, 0.15) is 18.5 Å². The minimum atomic E-state index is -0.726. The second kappa shape index (κ2) is 8.94. The van der Waals surface area contributed by atoms with Crippen LogP contribution in [0.15, 0.2) is 35.5 Å². The summed E-state index contributed by atoms with van der Waals surface area (Å²) in [5.41, 5.74) is 1.42. The van der Waals surface area contributed by atoms with Crippen LogP contribution >= 0.6 is 0 Å². The fraction of sp³-hybridized carbons (Fsp3) is 0.550. The second-order valence-corrected chi connectivity index (χ2v) is 7.17. The van der Waals surface area contributed by atoms with Crippen molar-refractivity contribution in [3.05, 3.63) is 35.5 Å². The highest BCUT2D eigenvalue weighted by Crippen LogP contribution is 2.36. The van der Waals surface area contributed by atoms with Crippen molar-refractivity contribution in [3.63, 3.8) is 0 Å². The Morgan fingerprint density at radius 2 is 2.23 bits per heavy atom. The maximum absolute atomic E-state index is 12.2. The summed E-state index contributed by atoms with van der Waals surface area (Å²) in [6.45, 7) is 7.45. The Hall–Kier alpha value is -2.21. The minimum Gasteiger partial charge on any atom is -0.461 e. The molecule has 0 aromatic rings. The monoisotopic (exact) mass is 362 g/mol. The molecule has 0 aromatic carbocycles. The summed E-state index contributed by atoms with van der Waals surface area (Å²) in [5, 5.41) is 9.55. The van der Waals surface area contributed by atoms with E-state index in [0.717, 1.165) is 6.29 Å². The number of allylic oxidation sites excluding steroid dienone is 1. The molecule has 1 aliphatic carbocycles. The third-order valence-corrected chi connectivity index (χ3v) is 4.58. The Morgan fingerprint density at radius 3 is 2.85 bits per heavy atom. The van der Waals surface area contributed by atoms with E-state index in [0.29, 0.717) is 24.0 Å². The summed E-state index contributed by atoms with van der Waals surface area (Å²) < 4.78 is 11.0. The average Bonchev–Trinajstić information content (AvgIpc) is 2.85. The Bertz CT molecular complexity index is 643. The summed E-state index contributed by atoms with van der Waals surface area (Å²) in [7, 11) is 0. The number of ether oxygens (including phenoxy) is 2. The summed E-state index contributed by atoms with van der Waals surface area (Å²) >= 11 is 0. The van der Waals surface area contributed by atoms with Crippen LogP contribution in [0.5, 0.6) is 0 Å². The molecular formula is C20H26O6. The Kier molecular flexibility index (Phi) is 6.91. The Labute approximate surface area is 153 Å². The van der Waals surface area contributed by atoms with E-state index in [9.17, 15) is 19.5 Å². The zero-order chi connectivity index (χ0) is 19.3. The highest BCUT2D eigenvalue weighted by molar-refractivity contribution is 5.91. The molecule has 0 radical (unpaired) electrons. The molecule has 2 rings (SSSR count). The van der Waals surface area contributed by atoms with Gasteiger partial charge in [-0.15, -0.1) is 0 Å². The molecule has 1 heterocycles. The lowest BCUT2D eigenvalue weighted by molar-refractivity contribution is -0.153. The van der Waals surface area contributed by atoms with Gasteiger partial charge < -0.3 is 14.6 Å². The minimum absolute atomic E-state index is 0.129. The van der Waals surface area contributed by atoms with Crippen molar-refractivity contribution in [1.29, 1.82) is 0 Å². The SMILES string of the molecule is C=C1C(=O)O[C@H]2/C=C(\CO)CC/C=C(/C=O)C[C@@H](OC(=O)CC(C)C)[C@@H]12. The van der Waals surface area contributed by atoms with Gasteiger partial charge in [-0.1, -0.05) is 26.5 Å². The molecule has 3 atom stereocenters. The largest absolute Gasteiger partial charge is 0.461 e. The molecule has 1 saturated heterocycles. The van der Waals surface area contributed by atoms with E-state index in [4.69, 9.17) is 9.47 Å². The summed E-state index contributed by atoms with van der Waals surface area (Å²) in [6.07, 6.45) is 4.40. The van der Waals surface area contributed by atoms with Crippen molar-refractivity contribution in [2.45, 2.75) is 51.7 Å². The van der Waals surface area contributed by atoms with Crippen molar-refractivity contribution in [2.24, 2.45) is 11.8 Å². The van der Waals surface area contributed by atoms with Crippen molar-refractivity contribution in [2.75, 3.05) is 6.61 Å². The maximum Gasteiger partial charge on any atom is 0.334 e. The quantitative estimate of drug-likeness (QED) is 0.349. The molecule has 0 amide bonds. The standard InChI is InChI=1S/C20H26O6/c1-12(2)7-18(23)25-16-8-14(10-21)5-4-6-15(11-22)9-17-19(16)13(3)20(24)26-17/h5,9-10,12,16-17,19,22H,3-4,6-8,11H2,1-2H3/b14-5+,15-9-/t16-,17+,19-/m1/s1. The first kappa shape index (κ1) is 20.1. The number of fused-ring (bicyclic) bond motifs is 1. The number of hydrogen-bond donors (Lipinski definition) is 1. The molecule has 0 bridgehead atoms. The number of aliphatic hydroxyl groups is 1. The molecule has 0 saturated carbocycles. The Balaban J connectivity index is 2.38. The first-order valence-electron chi connectivity index (χ1n) is 8.89. The fourth-order valence-corrected chi connectivity index (χ4v) is 3.28. The molecule has 6 heteroatoms. The molecule has 1 fully saturated rings. The first-order valence-corrected chi connectivity index (χ1v) is 8.89. The summed E-state index contributed by atoms with van der Waals surface area (Å²) in [6, 6.07) is 0. The average molecular weight is 362 g/mol. The number of carbonyl (C=O) groups excluding carboxylic acids is 3. The van der Waals surface area contributed by atoms with Crippen LogP contribution < -0.4 is 0 Å². The summed E-state index contributed by atoms with van der Waals surface area (Å²) in [5.74, 6) is -1.38. The van der Waals surface area contributed by atoms with E-state index in [-0.39, 0.29) is 36.9 Å². The molecule has 0 unspecified atom stereocenters. The van der Waals surface area contributed by atoms with E-state index in [1.54, 1.807) is 12.2 Å². The van der Waals surface area contributed by atoms with Gasteiger partial charge in [0.05, 0.1) is 12.5 Å². The van der Waals surface area contributed by atoms with Gasteiger partial charge in [-0.05, 0) is 36.0 Å². The normalized spacial score (nSPS) is 30.5. The highest BCUT2D eigenvalue weighted by atomic mass is 16.6. The lowest BCUT2D eigenvalue weighted by atomic mass is 9.85. The van der Waals surface area contributed by atoms with E-state index < -0.39 is 24.1 Å². The van der Waals surface area contributed by atoms with Crippen LogP contribution in [-0.4, -0.2) is 42.1 Å². The molecule has 2 aliphatic rings. The first-order chi connectivity index (χ1) is 12.3. The number of hydrogen-bond acceptors (Lipinski definition) is 6. The van der Waals surface area contributed by atoms with Crippen LogP contribution in [-0.2, 0) is 23.9 Å².